The topological polar surface area (TPSA) is 43.4 Å². The van der Waals surface area contributed by atoms with Gasteiger partial charge in [-0.3, -0.25) is 4.18 Å². The van der Waals surface area contributed by atoms with Crippen LogP contribution in [-0.4, -0.2) is 15.0 Å². The zero-order chi connectivity index (χ0) is 24.5. The molecule has 0 saturated carbocycles. The molecule has 0 amide bonds. The first-order valence-electron chi connectivity index (χ1n) is 14.0. The Morgan fingerprint density at radius 3 is 1.74 bits per heavy atom. The molecule has 0 saturated heterocycles. The van der Waals surface area contributed by atoms with Crippen LogP contribution in [0.15, 0.2) is 41.3 Å². The minimum absolute atomic E-state index is 0. The Balaban J connectivity index is 0.00000612. The van der Waals surface area contributed by atoms with Gasteiger partial charge in [0.15, 0.2) is 0 Å². The van der Waals surface area contributed by atoms with Gasteiger partial charge in [0, 0.05) is 24.9 Å². The van der Waals surface area contributed by atoms with E-state index in [9.17, 15) is 8.42 Å². The summed E-state index contributed by atoms with van der Waals surface area (Å²) in [4.78, 5) is 0.396. The Hall–Kier alpha value is -0.767. The molecule has 0 aliphatic carbocycles. The monoisotopic (exact) mass is 552 g/mol. The molecule has 0 aliphatic heterocycles. The minimum atomic E-state index is -3.78. The van der Waals surface area contributed by atoms with E-state index in [1.165, 1.54) is 70.6 Å². The number of rotatable bonds is 20. The summed E-state index contributed by atoms with van der Waals surface area (Å²) in [5.41, 5.74) is 0.903. The van der Waals surface area contributed by atoms with Crippen LogP contribution in [-0.2, 0) is 40.2 Å². The Bertz CT molecular complexity index is 911. The molecule has 0 unspecified atom stereocenters. The summed E-state index contributed by atoms with van der Waals surface area (Å²) >= 11 is 0. The van der Waals surface area contributed by atoms with E-state index in [4.69, 9.17) is 4.18 Å². The maximum absolute atomic E-state index is 13.3. The number of hydrogen-bond donors (Lipinski definition) is 0. The fourth-order valence-electron chi connectivity index (χ4n) is 4.69. The fraction of sp³-hybridized carbons (Fsp3) is 0.667. The second-order valence-electron chi connectivity index (χ2n) is 9.75. The predicted octanol–water partition coefficient (Wildman–Crippen LogP) is 9.37. The Kier molecular flexibility index (Phi) is 17.8. The molecule has 0 N–H and O–H groups in total. The smallest absolute Gasteiger partial charge is 0.266 e. The SMILES string of the molecule is CCCCCCCCCCOS(=O)(=O)c1c(CCCCCCCCCC)ccc2ccccc12.[Zn]. The first-order chi connectivity index (χ1) is 16.6. The van der Waals surface area contributed by atoms with Crippen molar-refractivity contribution in [3.05, 3.63) is 42.0 Å². The summed E-state index contributed by atoms with van der Waals surface area (Å²) in [6, 6.07) is 11.8. The molecule has 5 heteroatoms. The van der Waals surface area contributed by atoms with Gasteiger partial charge >= 0.3 is 0 Å². The van der Waals surface area contributed by atoms with Gasteiger partial charge < -0.3 is 0 Å². The van der Waals surface area contributed by atoms with E-state index in [1.54, 1.807) is 0 Å². The van der Waals surface area contributed by atoms with E-state index in [2.05, 4.69) is 13.8 Å². The van der Waals surface area contributed by atoms with Crippen LogP contribution in [0, 0.1) is 0 Å². The minimum Gasteiger partial charge on any atom is -0.266 e. The maximum atomic E-state index is 13.3. The standard InChI is InChI=1S/C30H48O3S.Zn/c1-3-5-7-9-11-13-15-17-22-28-25-24-27-21-18-19-23-29(27)30(28)34(31,32)33-26-20-16-14-12-10-8-6-4-2;/h18-19,21,23-25H,3-17,20,22,26H2,1-2H3;. The number of benzene rings is 2. The van der Waals surface area contributed by atoms with Crippen molar-refractivity contribution in [1.29, 1.82) is 0 Å². The van der Waals surface area contributed by atoms with Gasteiger partial charge in [0.05, 0.1) is 6.61 Å². The summed E-state index contributed by atoms with van der Waals surface area (Å²) in [7, 11) is -3.78. The van der Waals surface area contributed by atoms with E-state index in [0.717, 1.165) is 54.9 Å². The van der Waals surface area contributed by atoms with Gasteiger partial charge in [-0.2, -0.15) is 8.42 Å². The molecule has 0 aliphatic rings. The zero-order valence-electron chi connectivity index (χ0n) is 22.5. The molecule has 194 valence electrons. The largest absolute Gasteiger partial charge is 0.297 e. The summed E-state index contributed by atoms with van der Waals surface area (Å²) in [5.74, 6) is 0. The molecule has 2 rings (SSSR count). The molecule has 0 fully saturated rings. The van der Waals surface area contributed by atoms with E-state index in [0.29, 0.717) is 4.90 Å². The average Bonchev–Trinajstić information content (AvgIpc) is 2.84. The third-order valence-electron chi connectivity index (χ3n) is 6.75. The van der Waals surface area contributed by atoms with Crippen molar-refractivity contribution < 1.29 is 32.1 Å². The van der Waals surface area contributed by atoms with E-state index >= 15 is 0 Å². The molecule has 0 radical (unpaired) electrons. The average molecular weight is 554 g/mol. The quantitative estimate of drug-likeness (QED) is 0.0931. The van der Waals surface area contributed by atoms with Crippen LogP contribution in [0.25, 0.3) is 10.8 Å². The number of unbranched alkanes of at least 4 members (excludes halogenated alkanes) is 14. The Labute approximate surface area is 228 Å². The van der Waals surface area contributed by atoms with Crippen LogP contribution in [0.5, 0.6) is 0 Å². The van der Waals surface area contributed by atoms with Gasteiger partial charge in [-0.05, 0) is 30.2 Å². The van der Waals surface area contributed by atoms with Crippen LogP contribution in [0.3, 0.4) is 0 Å². The molecule has 0 aromatic heterocycles. The molecule has 2 aromatic carbocycles. The normalized spacial score (nSPS) is 11.6. The first kappa shape index (κ1) is 32.3. The summed E-state index contributed by atoms with van der Waals surface area (Å²) < 4.78 is 32.1. The van der Waals surface area contributed by atoms with Crippen molar-refractivity contribution in [2.45, 2.75) is 128 Å². The van der Waals surface area contributed by atoms with Crippen molar-refractivity contribution in [3.63, 3.8) is 0 Å². The van der Waals surface area contributed by atoms with Crippen molar-refractivity contribution >= 4 is 20.9 Å². The second kappa shape index (κ2) is 19.4. The predicted molar refractivity (Wildman–Crippen MR) is 146 cm³/mol. The zero-order valence-corrected chi connectivity index (χ0v) is 26.3. The summed E-state index contributed by atoms with van der Waals surface area (Å²) in [6.07, 6.45) is 20.1. The van der Waals surface area contributed by atoms with Crippen molar-refractivity contribution in [3.8, 4) is 0 Å². The fourth-order valence-corrected chi connectivity index (χ4v) is 6.09. The van der Waals surface area contributed by atoms with Crippen molar-refractivity contribution in [1.82, 2.24) is 0 Å². The Morgan fingerprint density at radius 1 is 0.629 bits per heavy atom. The van der Waals surface area contributed by atoms with E-state index in [1.807, 2.05) is 36.4 Å². The van der Waals surface area contributed by atoms with E-state index in [-0.39, 0.29) is 26.1 Å². The number of hydrogen-bond acceptors (Lipinski definition) is 3. The van der Waals surface area contributed by atoms with Gasteiger partial charge in [0.25, 0.3) is 10.1 Å². The van der Waals surface area contributed by atoms with Gasteiger partial charge in [-0.1, -0.05) is 140 Å². The molecular weight excluding hydrogens is 506 g/mol. The molecule has 35 heavy (non-hydrogen) atoms. The molecule has 0 spiro atoms. The van der Waals surface area contributed by atoms with Gasteiger partial charge in [0.1, 0.15) is 4.90 Å². The van der Waals surface area contributed by atoms with Crippen molar-refractivity contribution in [2.24, 2.45) is 0 Å². The summed E-state index contributed by atoms with van der Waals surface area (Å²) in [6.45, 7) is 4.75. The first-order valence-corrected chi connectivity index (χ1v) is 15.4. The van der Waals surface area contributed by atoms with Crippen LogP contribution >= 0.6 is 0 Å². The van der Waals surface area contributed by atoms with E-state index < -0.39 is 10.1 Å². The third kappa shape index (κ3) is 12.4. The maximum Gasteiger partial charge on any atom is 0.297 e. The Morgan fingerprint density at radius 2 is 1.14 bits per heavy atom. The number of aryl methyl sites for hydroxylation is 1. The number of fused-ring (bicyclic) bond motifs is 1. The molecule has 0 heterocycles. The second-order valence-corrected chi connectivity index (χ2v) is 11.3. The van der Waals surface area contributed by atoms with Crippen LogP contribution < -0.4 is 0 Å². The molecular formula is C30H48O3SZn. The van der Waals surface area contributed by atoms with Crippen LogP contribution in [0.4, 0.5) is 0 Å². The van der Waals surface area contributed by atoms with Gasteiger partial charge in [-0.25, -0.2) is 0 Å². The van der Waals surface area contributed by atoms with Gasteiger partial charge in [-0.15, -0.1) is 0 Å². The molecule has 0 atom stereocenters. The van der Waals surface area contributed by atoms with Crippen LogP contribution in [0.2, 0.25) is 0 Å². The van der Waals surface area contributed by atoms with Gasteiger partial charge in [0.2, 0.25) is 0 Å². The molecule has 2 aromatic rings. The van der Waals surface area contributed by atoms with Crippen molar-refractivity contribution in [2.75, 3.05) is 6.61 Å². The third-order valence-corrected chi connectivity index (χ3v) is 8.21. The summed E-state index contributed by atoms with van der Waals surface area (Å²) in [5, 5.41) is 1.74. The molecule has 0 bridgehead atoms. The van der Waals surface area contributed by atoms with Crippen LogP contribution in [0.1, 0.15) is 122 Å². The molecule has 3 nitrogen and oxygen atoms in total.